The Morgan fingerprint density at radius 2 is 1.19 bits per heavy atom. The summed E-state index contributed by atoms with van der Waals surface area (Å²) in [5.74, 6) is -12.1. The molecule has 2 unspecified atom stereocenters. The van der Waals surface area contributed by atoms with Gasteiger partial charge in [-0.25, -0.2) is 26.3 Å². The lowest BCUT2D eigenvalue weighted by atomic mass is 10.1. The fraction of sp³-hybridized carbons (Fsp3) is 0.684. The van der Waals surface area contributed by atoms with E-state index < -0.39 is 79.3 Å². The molecular formula is C19H22F11P. The van der Waals surface area contributed by atoms with E-state index in [-0.39, 0.29) is 38.5 Å². The van der Waals surface area contributed by atoms with Gasteiger partial charge in [-0.3, -0.25) is 0 Å². The van der Waals surface area contributed by atoms with Crippen LogP contribution in [-0.4, -0.2) is 24.2 Å². The topological polar surface area (TPSA) is 0 Å². The maximum absolute atomic E-state index is 14.8. The highest BCUT2D eigenvalue weighted by molar-refractivity contribution is 7.66. The molecule has 0 aromatic heterocycles. The lowest BCUT2D eigenvalue weighted by molar-refractivity contribution is -0.135. The lowest BCUT2D eigenvalue weighted by Gasteiger charge is -2.31. The second-order valence-electron chi connectivity index (χ2n) is 7.05. The van der Waals surface area contributed by atoms with Gasteiger partial charge in [0.2, 0.25) is 5.82 Å². The molecule has 31 heavy (non-hydrogen) atoms. The molecular weight excluding hydrogens is 468 g/mol. The molecule has 0 N–H and O–H groups in total. The molecule has 0 bridgehead atoms. The average molecular weight is 490 g/mol. The van der Waals surface area contributed by atoms with E-state index in [1.165, 1.54) is 6.92 Å². The Morgan fingerprint density at radius 3 is 1.68 bits per heavy atom. The fourth-order valence-electron chi connectivity index (χ4n) is 2.90. The van der Waals surface area contributed by atoms with Crippen molar-refractivity contribution in [2.75, 3.05) is 6.16 Å². The van der Waals surface area contributed by atoms with Crippen LogP contribution in [0.5, 0.6) is 0 Å². The number of hydrogen-bond acceptors (Lipinski definition) is 0. The molecule has 0 nitrogen and oxygen atoms in total. The molecule has 1 aromatic rings. The molecule has 0 aliphatic rings. The van der Waals surface area contributed by atoms with Crippen LogP contribution in [0.1, 0.15) is 58.3 Å². The van der Waals surface area contributed by atoms with Crippen molar-refractivity contribution < 1.29 is 48.3 Å². The van der Waals surface area contributed by atoms with Crippen molar-refractivity contribution in [2.45, 2.75) is 76.3 Å². The van der Waals surface area contributed by atoms with Crippen LogP contribution in [0.25, 0.3) is 0 Å². The number of alkyl halides is 6. The zero-order valence-corrected chi connectivity index (χ0v) is 17.4. The molecule has 0 amide bonds. The smallest absolute Gasteiger partial charge is 0.240 e. The summed E-state index contributed by atoms with van der Waals surface area (Å²) < 4.78 is 149. The summed E-state index contributed by atoms with van der Waals surface area (Å²) in [6.07, 6.45) is -10.1. The zero-order valence-electron chi connectivity index (χ0n) is 16.5. The SMILES string of the molecule is CCCCP(c1c(F)c(F)c(F)c(F)c1F)C(F)(F)C(F)CCCCCCC(F)(F)F. The standard InChI is InChI=1S/C19H22F11P/c1-2-3-10-31(17-15(24)13(22)12(21)14(23)16(17)25)19(29,30)11(20)8-6-4-5-7-9-18(26,27)28/h11H,2-10H2,1H3. The molecule has 12 heteroatoms. The highest BCUT2D eigenvalue weighted by Gasteiger charge is 2.50. The summed E-state index contributed by atoms with van der Waals surface area (Å²) in [5.41, 5.74) is -4.39. The Labute approximate surface area is 173 Å². The second-order valence-corrected chi connectivity index (χ2v) is 9.39. The Kier molecular flexibility index (Phi) is 10.5. The molecule has 2 atom stereocenters. The van der Waals surface area contributed by atoms with Gasteiger partial charge in [-0.05, 0) is 25.4 Å². The first-order valence-corrected chi connectivity index (χ1v) is 11.2. The zero-order chi connectivity index (χ0) is 24.0. The van der Waals surface area contributed by atoms with Crippen molar-refractivity contribution in [3.8, 4) is 0 Å². The Morgan fingerprint density at radius 1 is 0.710 bits per heavy atom. The van der Waals surface area contributed by atoms with E-state index in [9.17, 15) is 48.3 Å². The van der Waals surface area contributed by atoms with Crippen molar-refractivity contribution in [3.05, 3.63) is 29.1 Å². The monoisotopic (exact) mass is 490 g/mol. The van der Waals surface area contributed by atoms with Crippen molar-refractivity contribution >= 4 is 13.2 Å². The van der Waals surface area contributed by atoms with E-state index in [1.807, 2.05) is 0 Å². The maximum atomic E-state index is 14.8. The molecule has 0 spiro atoms. The van der Waals surface area contributed by atoms with Gasteiger partial charge in [-0.1, -0.05) is 32.6 Å². The van der Waals surface area contributed by atoms with Gasteiger partial charge in [0.25, 0.3) is 5.66 Å². The van der Waals surface area contributed by atoms with Crippen molar-refractivity contribution in [2.24, 2.45) is 0 Å². The fourth-order valence-corrected chi connectivity index (χ4v) is 5.49. The van der Waals surface area contributed by atoms with Gasteiger partial charge in [-0.15, -0.1) is 0 Å². The first-order valence-electron chi connectivity index (χ1n) is 9.63. The van der Waals surface area contributed by atoms with Crippen LogP contribution < -0.4 is 5.30 Å². The summed E-state index contributed by atoms with van der Waals surface area (Å²) in [5, 5.41) is -1.70. The van der Waals surface area contributed by atoms with E-state index >= 15 is 0 Å². The third-order valence-corrected chi connectivity index (χ3v) is 7.29. The molecule has 1 aromatic carbocycles. The second kappa shape index (κ2) is 11.7. The Balaban J connectivity index is 3.00. The summed E-state index contributed by atoms with van der Waals surface area (Å²) in [4.78, 5) is 0. The average Bonchev–Trinajstić information content (AvgIpc) is 2.68. The van der Waals surface area contributed by atoms with E-state index in [0.29, 0.717) is 0 Å². The van der Waals surface area contributed by atoms with E-state index in [4.69, 9.17) is 0 Å². The van der Waals surface area contributed by atoms with Crippen LogP contribution in [-0.2, 0) is 0 Å². The van der Waals surface area contributed by atoms with Gasteiger partial charge in [-0.2, -0.15) is 22.0 Å². The van der Waals surface area contributed by atoms with E-state index in [1.54, 1.807) is 0 Å². The normalized spacial score (nSPS) is 14.7. The van der Waals surface area contributed by atoms with Crippen LogP contribution in [0.3, 0.4) is 0 Å². The number of benzene rings is 1. The van der Waals surface area contributed by atoms with Crippen LogP contribution in [0.15, 0.2) is 0 Å². The van der Waals surface area contributed by atoms with Gasteiger partial charge >= 0.3 is 6.18 Å². The molecule has 0 aliphatic heterocycles. The lowest BCUT2D eigenvalue weighted by Crippen LogP contribution is -2.35. The third-order valence-electron chi connectivity index (χ3n) is 4.60. The minimum absolute atomic E-state index is 0.0139. The summed E-state index contributed by atoms with van der Waals surface area (Å²) in [7, 11) is -3.43. The minimum Gasteiger partial charge on any atom is -0.240 e. The number of unbranched alkanes of at least 4 members (excludes halogenated alkanes) is 4. The number of halogens is 11. The molecule has 0 heterocycles. The molecule has 0 fully saturated rings. The summed E-state index contributed by atoms with van der Waals surface area (Å²) in [6, 6.07) is 0. The molecule has 180 valence electrons. The van der Waals surface area contributed by atoms with Gasteiger partial charge < -0.3 is 0 Å². The molecule has 1 rings (SSSR count). The highest BCUT2D eigenvalue weighted by atomic mass is 31.1. The predicted octanol–water partition coefficient (Wildman–Crippen LogP) is 8.12. The molecule has 0 radical (unpaired) electrons. The molecule has 0 saturated heterocycles. The first-order chi connectivity index (χ1) is 14.3. The van der Waals surface area contributed by atoms with Gasteiger partial charge in [0.1, 0.15) is 0 Å². The maximum Gasteiger partial charge on any atom is 0.389 e. The first kappa shape index (κ1) is 27.9. The van der Waals surface area contributed by atoms with Gasteiger partial charge in [0.15, 0.2) is 29.4 Å². The summed E-state index contributed by atoms with van der Waals surface area (Å²) >= 11 is 0. The molecule has 0 aliphatic carbocycles. The van der Waals surface area contributed by atoms with Gasteiger partial charge in [0.05, 0.1) is 5.30 Å². The van der Waals surface area contributed by atoms with Gasteiger partial charge in [0, 0.05) is 14.3 Å². The van der Waals surface area contributed by atoms with Crippen LogP contribution in [0.4, 0.5) is 48.3 Å². The molecule has 0 saturated carbocycles. The quantitative estimate of drug-likeness (QED) is 0.0913. The van der Waals surface area contributed by atoms with E-state index in [0.717, 1.165) is 0 Å². The Hall–Kier alpha value is -1.12. The van der Waals surface area contributed by atoms with E-state index in [2.05, 4.69) is 0 Å². The largest absolute Gasteiger partial charge is 0.389 e. The third kappa shape index (κ3) is 7.46. The van der Waals surface area contributed by atoms with Crippen LogP contribution in [0.2, 0.25) is 0 Å². The van der Waals surface area contributed by atoms with Crippen LogP contribution >= 0.6 is 7.92 Å². The van der Waals surface area contributed by atoms with Crippen molar-refractivity contribution in [1.29, 1.82) is 0 Å². The summed E-state index contributed by atoms with van der Waals surface area (Å²) in [6.45, 7) is 1.54. The van der Waals surface area contributed by atoms with Crippen molar-refractivity contribution in [1.82, 2.24) is 0 Å². The number of rotatable bonds is 12. The Bertz CT molecular complexity index is 689. The number of hydrogen-bond donors (Lipinski definition) is 0. The highest BCUT2D eigenvalue weighted by Crippen LogP contribution is 2.56. The van der Waals surface area contributed by atoms with Crippen molar-refractivity contribution in [3.63, 3.8) is 0 Å². The van der Waals surface area contributed by atoms with Crippen LogP contribution in [0, 0.1) is 29.1 Å². The predicted molar refractivity (Wildman–Crippen MR) is 96.2 cm³/mol. The minimum atomic E-state index is -4.39.